The van der Waals surface area contributed by atoms with Crippen LogP contribution in [0.25, 0.3) is 0 Å². The molecule has 1 aromatic rings. The highest BCUT2D eigenvalue weighted by Gasteiger charge is 2.14. The fourth-order valence-electron chi connectivity index (χ4n) is 2.98. The summed E-state index contributed by atoms with van der Waals surface area (Å²) in [6, 6.07) is 7.94. The van der Waals surface area contributed by atoms with Crippen molar-refractivity contribution in [1.82, 2.24) is 0 Å². The van der Waals surface area contributed by atoms with Crippen molar-refractivity contribution < 1.29 is 5.11 Å². The van der Waals surface area contributed by atoms with Gasteiger partial charge in [-0.15, -0.1) is 0 Å². The van der Waals surface area contributed by atoms with Crippen molar-refractivity contribution in [3.8, 4) is 0 Å². The zero-order valence-corrected chi connectivity index (χ0v) is 15.8. The molecule has 0 saturated carbocycles. The third kappa shape index (κ3) is 6.36. The maximum atomic E-state index is 9.15. The molecule has 27 heavy (non-hydrogen) atoms. The lowest BCUT2D eigenvalue weighted by atomic mass is 9.95. The van der Waals surface area contributed by atoms with E-state index in [0.29, 0.717) is 18.0 Å². The van der Waals surface area contributed by atoms with Crippen LogP contribution in [-0.4, -0.2) is 36.2 Å². The van der Waals surface area contributed by atoms with Crippen LogP contribution >= 0.6 is 0 Å². The summed E-state index contributed by atoms with van der Waals surface area (Å²) in [5.74, 6) is 0. The third-order valence-corrected chi connectivity index (χ3v) is 4.52. The molecule has 1 aromatic carbocycles. The summed E-state index contributed by atoms with van der Waals surface area (Å²) in [4.78, 5) is 6.78. The number of anilines is 1. The van der Waals surface area contributed by atoms with Gasteiger partial charge in [0.15, 0.2) is 0 Å². The van der Waals surface area contributed by atoms with Crippen molar-refractivity contribution in [2.45, 2.75) is 47.0 Å². The van der Waals surface area contributed by atoms with E-state index in [-0.39, 0.29) is 14.0 Å². The molecule has 0 bridgehead atoms. The average Bonchev–Trinajstić information content (AvgIpc) is 2.64. The molecule has 148 valence electrons. The number of rotatable bonds is 9. The molecule has 0 heterocycles. The second kappa shape index (κ2) is 11.3. The lowest BCUT2D eigenvalue weighted by Crippen LogP contribution is -2.25. The van der Waals surface area contributed by atoms with Crippen molar-refractivity contribution in [2.75, 3.05) is 24.6 Å². The molecular weight excluding hydrogens is 336 g/mol. The van der Waals surface area contributed by atoms with Gasteiger partial charge in [-0.25, -0.2) is 4.99 Å². The number of unbranched alkanes of at least 4 members (excludes halogenated alkanes) is 2. The number of aliphatic hydroxyl groups is 1. The Kier molecular flexibility index (Phi) is 9.51. The predicted molar refractivity (Wildman–Crippen MR) is 117 cm³/mol. The minimum atomic E-state index is 0. The van der Waals surface area contributed by atoms with E-state index in [1.807, 2.05) is 30.3 Å². The molecule has 0 aromatic heterocycles. The molecule has 5 heteroatoms. The zero-order chi connectivity index (χ0) is 18.9. The number of nitrogens with one attached hydrogen (secondary N) is 1. The summed E-state index contributed by atoms with van der Waals surface area (Å²) < 4.78 is 0. The van der Waals surface area contributed by atoms with E-state index in [0.717, 1.165) is 48.5 Å². The largest absolute Gasteiger partial charge is 0.397 e. The number of hydrogen-bond acceptors (Lipinski definition) is 5. The minimum Gasteiger partial charge on any atom is -0.397 e. The summed E-state index contributed by atoms with van der Waals surface area (Å²) in [6.07, 6.45) is 7.95. The molecule has 0 aliphatic heterocycles. The van der Waals surface area contributed by atoms with Gasteiger partial charge in [0, 0.05) is 18.8 Å². The Labute approximate surface area is 163 Å². The number of nitrogens with zero attached hydrogens (tertiary/aromatic N) is 2. The van der Waals surface area contributed by atoms with E-state index < -0.39 is 0 Å². The van der Waals surface area contributed by atoms with Crippen LogP contribution in [0.1, 0.15) is 47.0 Å². The second-order valence-corrected chi connectivity index (χ2v) is 6.46. The van der Waals surface area contributed by atoms with E-state index in [4.69, 9.17) is 16.2 Å². The first-order chi connectivity index (χ1) is 12.6. The third-order valence-electron chi connectivity index (χ3n) is 4.52. The van der Waals surface area contributed by atoms with Gasteiger partial charge < -0.3 is 21.1 Å². The molecule has 0 spiro atoms. The lowest BCUT2D eigenvalue weighted by Gasteiger charge is -2.22. The smallest absolute Gasteiger partial charge is 0.0870 e. The molecule has 2 rings (SSSR count). The van der Waals surface area contributed by atoms with Gasteiger partial charge in [-0.2, -0.15) is 0 Å². The summed E-state index contributed by atoms with van der Waals surface area (Å²) in [7, 11) is 0. The monoisotopic (exact) mass is 370 g/mol. The van der Waals surface area contributed by atoms with Gasteiger partial charge in [-0.1, -0.05) is 27.2 Å². The normalized spacial score (nSPS) is 15.2. The van der Waals surface area contributed by atoms with Crippen LogP contribution in [0.4, 0.5) is 11.4 Å². The van der Waals surface area contributed by atoms with E-state index in [2.05, 4.69) is 23.7 Å². The van der Waals surface area contributed by atoms with Gasteiger partial charge >= 0.3 is 0 Å². The number of aliphatic hydroxyl groups excluding tert-OH is 1. The highest BCUT2D eigenvalue weighted by molar-refractivity contribution is 6.22. The Bertz CT molecular complexity index is 702. The average molecular weight is 371 g/mol. The summed E-state index contributed by atoms with van der Waals surface area (Å²) >= 11 is 0. The van der Waals surface area contributed by atoms with Gasteiger partial charge in [0.1, 0.15) is 0 Å². The van der Waals surface area contributed by atoms with Crippen LogP contribution in [0.2, 0.25) is 0 Å². The van der Waals surface area contributed by atoms with Crippen molar-refractivity contribution in [2.24, 2.45) is 10.7 Å². The molecule has 1 aliphatic carbocycles. The topological polar surface area (TPSA) is 85.7 Å². The van der Waals surface area contributed by atoms with Crippen LogP contribution in [0.3, 0.4) is 0 Å². The second-order valence-electron chi connectivity index (χ2n) is 6.46. The fraction of sp³-hybridized carbons (Fsp3) is 0.455. The van der Waals surface area contributed by atoms with Crippen molar-refractivity contribution in [3.05, 3.63) is 47.7 Å². The van der Waals surface area contributed by atoms with Gasteiger partial charge in [-0.3, -0.25) is 0 Å². The number of allylic oxidation sites excluding steroid dienone is 3. The Balaban J connectivity index is 0.00000364. The summed E-state index contributed by atoms with van der Waals surface area (Å²) in [5.41, 5.74) is 10.7. The van der Waals surface area contributed by atoms with Crippen molar-refractivity contribution in [1.29, 1.82) is 5.41 Å². The predicted octanol–water partition coefficient (Wildman–Crippen LogP) is 4.60. The molecule has 0 unspecified atom stereocenters. The molecule has 4 N–H and O–H groups in total. The quantitative estimate of drug-likeness (QED) is 0.439. The first kappa shape index (κ1) is 22.6. The number of aliphatic imine (C=N–C) groups is 1. The number of nitrogens with two attached hydrogens (primary N) is 1. The number of hydrogen-bond donors (Lipinski definition) is 3. The van der Waals surface area contributed by atoms with Crippen LogP contribution in [0.5, 0.6) is 0 Å². The SMILES string of the molecule is C.CCCCCC1=CC(=Nc2ccc(N(CC)CCO)cc2)C(N)=CC1=N. The molecule has 0 atom stereocenters. The van der Waals surface area contributed by atoms with Crippen LogP contribution in [0.15, 0.2) is 52.7 Å². The maximum Gasteiger partial charge on any atom is 0.0870 e. The van der Waals surface area contributed by atoms with Crippen LogP contribution < -0.4 is 10.6 Å². The van der Waals surface area contributed by atoms with Crippen LogP contribution in [-0.2, 0) is 0 Å². The zero-order valence-electron chi connectivity index (χ0n) is 15.8. The van der Waals surface area contributed by atoms with Gasteiger partial charge in [0.05, 0.1) is 29.4 Å². The molecule has 5 nitrogen and oxygen atoms in total. The lowest BCUT2D eigenvalue weighted by molar-refractivity contribution is 0.302. The summed E-state index contributed by atoms with van der Waals surface area (Å²) in [5, 5.41) is 17.3. The van der Waals surface area contributed by atoms with Gasteiger partial charge in [-0.05, 0) is 61.8 Å². The maximum absolute atomic E-state index is 9.15. The molecular formula is C22H34N4O. The molecule has 0 fully saturated rings. The molecule has 1 aliphatic rings. The summed E-state index contributed by atoms with van der Waals surface area (Å²) in [6.45, 7) is 5.84. The Morgan fingerprint density at radius 2 is 1.81 bits per heavy atom. The molecule has 0 radical (unpaired) electrons. The minimum absolute atomic E-state index is 0. The van der Waals surface area contributed by atoms with E-state index in [1.54, 1.807) is 6.08 Å². The molecule has 0 amide bonds. The van der Waals surface area contributed by atoms with Gasteiger partial charge in [0.2, 0.25) is 0 Å². The molecule has 0 saturated heterocycles. The number of likely N-dealkylation sites (N-methyl/N-ethyl adjacent to an activating group) is 1. The number of benzene rings is 1. The van der Waals surface area contributed by atoms with E-state index >= 15 is 0 Å². The highest BCUT2D eigenvalue weighted by atomic mass is 16.3. The first-order valence-electron chi connectivity index (χ1n) is 9.40. The van der Waals surface area contributed by atoms with Crippen molar-refractivity contribution >= 4 is 22.8 Å². The van der Waals surface area contributed by atoms with E-state index in [1.165, 1.54) is 6.42 Å². The fourth-order valence-corrected chi connectivity index (χ4v) is 2.98. The van der Waals surface area contributed by atoms with Crippen LogP contribution in [0, 0.1) is 5.41 Å². The van der Waals surface area contributed by atoms with Gasteiger partial charge in [0.25, 0.3) is 0 Å². The Morgan fingerprint density at radius 1 is 1.11 bits per heavy atom. The van der Waals surface area contributed by atoms with E-state index in [9.17, 15) is 0 Å². The Morgan fingerprint density at radius 3 is 2.41 bits per heavy atom. The Hall–Kier alpha value is -2.40. The first-order valence-corrected chi connectivity index (χ1v) is 9.40. The van der Waals surface area contributed by atoms with Crippen molar-refractivity contribution in [3.63, 3.8) is 0 Å². The highest BCUT2D eigenvalue weighted by Crippen LogP contribution is 2.23. The standard InChI is InChI=1S/C21H30N4O.CH4/c1-3-5-6-7-16-14-21(20(23)15-19(16)22)24-17-8-10-18(11-9-17)25(4-2)12-13-26;/h8-11,14-15,22,26H,3-7,12-13,23H2,1-2H3;1H4.